The van der Waals surface area contributed by atoms with Gasteiger partial charge in [0.05, 0.1) is 11.4 Å². The normalized spacial score (nSPS) is 24.3. The first-order valence-corrected chi connectivity index (χ1v) is 7.25. The predicted molar refractivity (Wildman–Crippen MR) is 60.1 cm³/mol. The van der Waals surface area contributed by atoms with E-state index in [1.165, 1.54) is 4.31 Å². The lowest BCUT2D eigenvalue weighted by molar-refractivity contribution is -0.157. The molecular formula is C10H17NO5S. The van der Waals surface area contributed by atoms with Gasteiger partial charge in [-0.2, -0.15) is 4.31 Å². The van der Waals surface area contributed by atoms with Crippen LogP contribution in [0.3, 0.4) is 0 Å². The van der Waals surface area contributed by atoms with Gasteiger partial charge in [-0.3, -0.25) is 0 Å². The molecule has 17 heavy (non-hydrogen) atoms. The minimum atomic E-state index is -3.16. The lowest BCUT2D eigenvalue weighted by Gasteiger charge is -2.46. The number of hydrogen-bond acceptors (Lipinski definition) is 4. The molecule has 2 rings (SSSR count). The second-order valence-electron chi connectivity index (χ2n) is 5.12. The Morgan fingerprint density at radius 2 is 2.06 bits per heavy atom. The number of carboxylic acid groups (broad SMARTS) is 1. The van der Waals surface area contributed by atoms with Gasteiger partial charge in [0.25, 0.3) is 0 Å². The Morgan fingerprint density at radius 3 is 2.53 bits per heavy atom. The first kappa shape index (κ1) is 12.8. The number of nitrogens with zero attached hydrogens (tertiary/aromatic N) is 1. The SMILES string of the molecule is CC1(OCC(=O)O)CN(S(=O)(=O)CC2CC2)C1. The van der Waals surface area contributed by atoms with E-state index in [1.807, 2.05) is 0 Å². The molecule has 0 spiro atoms. The van der Waals surface area contributed by atoms with Crippen LogP contribution in [0.1, 0.15) is 19.8 Å². The highest BCUT2D eigenvalue weighted by Gasteiger charge is 2.47. The molecule has 2 aliphatic rings. The van der Waals surface area contributed by atoms with Gasteiger partial charge in [-0.25, -0.2) is 13.2 Å². The van der Waals surface area contributed by atoms with Crippen molar-refractivity contribution in [2.45, 2.75) is 25.4 Å². The van der Waals surface area contributed by atoms with Crippen LogP contribution in [0, 0.1) is 5.92 Å². The zero-order chi connectivity index (χ0) is 12.7. The van der Waals surface area contributed by atoms with Crippen molar-refractivity contribution in [3.8, 4) is 0 Å². The molecule has 6 nitrogen and oxygen atoms in total. The molecule has 0 aromatic carbocycles. The molecule has 0 bridgehead atoms. The van der Waals surface area contributed by atoms with Gasteiger partial charge in [0, 0.05) is 13.1 Å². The number of carboxylic acids is 1. The van der Waals surface area contributed by atoms with Crippen molar-refractivity contribution in [2.75, 3.05) is 25.4 Å². The summed E-state index contributed by atoms with van der Waals surface area (Å²) in [7, 11) is -3.16. The highest BCUT2D eigenvalue weighted by atomic mass is 32.2. The van der Waals surface area contributed by atoms with Crippen molar-refractivity contribution in [3.63, 3.8) is 0 Å². The summed E-state index contributed by atoms with van der Waals surface area (Å²) in [5.74, 6) is -0.487. The summed E-state index contributed by atoms with van der Waals surface area (Å²) in [6.07, 6.45) is 2.00. The number of aliphatic carboxylic acids is 1. The van der Waals surface area contributed by atoms with Crippen molar-refractivity contribution < 1.29 is 23.1 Å². The smallest absolute Gasteiger partial charge is 0.329 e. The fourth-order valence-electron chi connectivity index (χ4n) is 1.91. The van der Waals surface area contributed by atoms with Crippen LogP contribution in [0.25, 0.3) is 0 Å². The first-order chi connectivity index (χ1) is 7.81. The summed E-state index contributed by atoms with van der Waals surface area (Å²) in [6, 6.07) is 0. The maximum absolute atomic E-state index is 11.8. The molecule has 1 saturated heterocycles. The molecule has 1 aliphatic carbocycles. The van der Waals surface area contributed by atoms with E-state index in [1.54, 1.807) is 6.92 Å². The van der Waals surface area contributed by atoms with Crippen LogP contribution in [-0.4, -0.2) is 54.8 Å². The van der Waals surface area contributed by atoms with Gasteiger partial charge in [0.2, 0.25) is 10.0 Å². The van der Waals surface area contributed by atoms with Gasteiger partial charge >= 0.3 is 5.97 Å². The maximum atomic E-state index is 11.8. The summed E-state index contributed by atoms with van der Waals surface area (Å²) in [5, 5.41) is 8.49. The Labute approximate surface area is 101 Å². The molecule has 1 N–H and O–H groups in total. The zero-order valence-electron chi connectivity index (χ0n) is 9.76. The molecule has 0 amide bonds. The largest absolute Gasteiger partial charge is 0.480 e. The summed E-state index contributed by atoms with van der Waals surface area (Å²) < 4.78 is 30.2. The Bertz CT molecular complexity index is 408. The Balaban J connectivity index is 1.82. The maximum Gasteiger partial charge on any atom is 0.329 e. The molecule has 1 saturated carbocycles. The van der Waals surface area contributed by atoms with E-state index in [0.717, 1.165) is 12.8 Å². The first-order valence-electron chi connectivity index (χ1n) is 5.64. The standard InChI is InChI=1S/C10H17NO5S/c1-10(16-4-9(12)13)6-11(7-10)17(14,15)5-8-2-3-8/h8H,2-7H2,1H3,(H,12,13). The molecule has 0 unspecified atom stereocenters. The Morgan fingerprint density at radius 1 is 1.47 bits per heavy atom. The summed E-state index contributed by atoms with van der Waals surface area (Å²) >= 11 is 0. The number of sulfonamides is 1. The van der Waals surface area contributed by atoms with Crippen LogP contribution in [0.15, 0.2) is 0 Å². The van der Waals surface area contributed by atoms with Crippen molar-refractivity contribution in [3.05, 3.63) is 0 Å². The minimum Gasteiger partial charge on any atom is -0.480 e. The minimum absolute atomic E-state index is 0.224. The molecule has 98 valence electrons. The van der Waals surface area contributed by atoms with Crippen LogP contribution in [0.4, 0.5) is 0 Å². The third-order valence-corrected chi connectivity index (χ3v) is 5.04. The van der Waals surface area contributed by atoms with Crippen molar-refractivity contribution in [2.24, 2.45) is 5.92 Å². The third-order valence-electron chi connectivity index (χ3n) is 3.10. The van der Waals surface area contributed by atoms with Crippen LogP contribution in [-0.2, 0) is 19.6 Å². The van der Waals surface area contributed by atoms with E-state index in [2.05, 4.69) is 0 Å². The molecule has 7 heteroatoms. The molecule has 0 aromatic heterocycles. The second-order valence-corrected chi connectivity index (χ2v) is 7.14. The van der Waals surface area contributed by atoms with Crippen LogP contribution >= 0.6 is 0 Å². The van der Waals surface area contributed by atoms with Crippen molar-refractivity contribution in [1.29, 1.82) is 0 Å². The fourth-order valence-corrected chi connectivity index (χ4v) is 3.99. The highest BCUT2D eigenvalue weighted by Crippen LogP contribution is 2.34. The van der Waals surface area contributed by atoms with Crippen LogP contribution < -0.4 is 0 Å². The molecule has 1 aliphatic heterocycles. The molecule has 0 radical (unpaired) electrons. The van der Waals surface area contributed by atoms with Gasteiger partial charge in [-0.05, 0) is 25.7 Å². The molecule has 0 aromatic rings. The van der Waals surface area contributed by atoms with Crippen molar-refractivity contribution in [1.82, 2.24) is 4.31 Å². The number of carbonyl (C=O) groups is 1. The zero-order valence-corrected chi connectivity index (χ0v) is 10.6. The monoisotopic (exact) mass is 263 g/mol. The molecular weight excluding hydrogens is 246 g/mol. The predicted octanol–water partition coefficient (Wildman–Crippen LogP) is -0.0983. The summed E-state index contributed by atoms with van der Waals surface area (Å²) in [6.45, 7) is 1.87. The Kier molecular flexibility index (Phi) is 3.17. The second kappa shape index (κ2) is 4.22. The van der Waals surface area contributed by atoms with E-state index in [0.29, 0.717) is 5.92 Å². The highest BCUT2D eigenvalue weighted by molar-refractivity contribution is 7.89. The van der Waals surface area contributed by atoms with E-state index >= 15 is 0 Å². The molecule has 0 atom stereocenters. The quantitative estimate of drug-likeness (QED) is 0.723. The van der Waals surface area contributed by atoms with E-state index < -0.39 is 21.6 Å². The van der Waals surface area contributed by atoms with Gasteiger partial charge in [0.1, 0.15) is 6.61 Å². The third kappa shape index (κ3) is 3.17. The average molecular weight is 263 g/mol. The topological polar surface area (TPSA) is 83.9 Å². The fraction of sp³-hybridized carbons (Fsp3) is 0.900. The number of rotatable bonds is 6. The number of hydrogen-bond donors (Lipinski definition) is 1. The van der Waals surface area contributed by atoms with Crippen LogP contribution in [0.2, 0.25) is 0 Å². The lowest BCUT2D eigenvalue weighted by atomic mass is 10.0. The van der Waals surface area contributed by atoms with Gasteiger partial charge in [-0.1, -0.05) is 0 Å². The van der Waals surface area contributed by atoms with Gasteiger partial charge in [0.15, 0.2) is 0 Å². The average Bonchev–Trinajstić information content (AvgIpc) is 2.93. The van der Waals surface area contributed by atoms with Crippen molar-refractivity contribution >= 4 is 16.0 Å². The number of ether oxygens (including phenoxy) is 1. The van der Waals surface area contributed by atoms with E-state index in [9.17, 15) is 13.2 Å². The summed E-state index contributed by atoms with van der Waals surface area (Å²) in [4.78, 5) is 10.4. The van der Waals surface area contributed by atoms with Gasteiger partial charge in [-0.15, -0.1) is 0 Å². The van der Waals surface area contributed by atoms with Gasteiger partial charge < -0.3 is 9.84 Å². The Hall–Kier alpha value is -0.660. The van der Waals surface area contributed by atoms with Crippen LogP contribution in [0.5, 0.6) is 0 Å². The van der Waals surface area contributed by atoms with E-state index in [-0.39, 0.29) is 25.4 Å². The lowest BCUT2D eigenvalue weighted by Crippen LogP contribution is -2.63. The van der Waals surface area contributed by atoms with E-state index in [4.69, 9.17) is 9.84 Å². The molecule has 2 fully saturated rings. The molecule has 1 heterocycles. The summed E-state index contributed by atoms with van der Waals surface area (Å²) in [5.41, 5.74) is -0.644.